The quantitative estimate of drug-likeness (QED) is 0.167. The average molecular weight is 822 g/mol. The van der Waals surface area contributed by atoms with Gasteiger partial charge in [-0.2, -0.15) is 0 Å². The fourth-order valence-electron chi connectivity index (χ4n) is 5.97. The largest absolute Gasteiger partial charge is 0.498 e. The monoisotopic (exact) mass is 822 g/mol. The van der Waals surface area contributed by atoms with Crippen molar-refractivity contribution in [2.45, 2.75) is 47.0 Å². The van der Waals surface area contributed by atoms with Gasteiger partial charge in [-0.15, -0.1) is 65.4 Å². The molecule has 4 heterocycles. The number of aromatic nitrogens is 3. The van der Waals surface area contributed by atoms with Gasteiger partial charge in [0.25, 0.3) is 0 Å². The zero-order chi connectivity index (χ0) is 32.7. The smallest absolute Gasteiger partial charge is 0.148 e. The van der Waals surface area contributed by atoms with Crippen LogP contribution < -0.4 is 0 Å². The predicted molar refractivity (Wildman–Crippen MR) is 196 cm³/mol. The third kappa shape index (κ3) is 6.36. The second kappa shape index (κ2) is 13.6. The van der Waals surface area contributed by atoms with Crippen LogP contribution in [-0.2, 0) is 25.5 Å². The van der Waals surface area contributed by atoms with Crippen LogP contribution in [0.1, 0.15) is 42.5 Å². The molecule has 0 aliphatic rings. The van der Waals surface area contributed by atoms with Crippen molar-refractivity contribution in [3.63, 3.8) is 0 Å². The van der Waals surface area contributed by atoms with Gasteiger partial charge in [-0.05, 0) is 66.5 Å². The molecular formula is C42H35IrN3OS-2. The normalized spacial score (nSPS) is 11.4. The van der Waals surface area contributed by atoms with Crippen molar-refractivity contribution in [3.05, 3.63) is 137 Å². The molecule has 0 aliphatic carbocycles. The number of pyridine rings is 2. The van der Waals surface area contributed by atoms with E-state index in [9.17, 15) is 0 Å². The van der Waals surface area contributed by atoms with Crippen LogP contribution in [0.3, 0.4) is 0 Å². The summed E-state index contributed by atoms with van der Waals surface area (Å²) in [4.78, 5) is 14.1. The maximum absolute atomic E-state index is 6.54. The van der Waals surface area contributed by atoms with Crippen molar-refractivity contribution in [1.82, 2.24) is 15.0 Å². The molecular weight excluding hydrogens is 787 g/mol. The molecule has 0 bridgehead atoms. The van der Waals surface area contributed by atoms with E-state index >= 15 is 0 Å². The summed E-state index contributed by atoms with van der Waals surface area (Å²) in [7, 11) is 0. The first-order valence-electron chi connectivity index (χ1n) is 15.8. The van der Waals surface area contributed by atoms with Crippen LogP contribution in [0.15, 0.2) is 108 Å². The number of hydrogen-bond acceptors (Lipinski definition) is 5. The third-order valence-corrected chi connectivity index (χ3v) is 9.81. The van der Waals surface area contributed by atoms with Crippen LogP contribution in [0, 0.1) is 32.9 Å². The number of thiazole rings is 1. The van der Waals surface area contributed by atoms with E-state index in [1.54, 1.807) is 17.5 Å². The predicted octanol–water partition coefficient (Wildman–Crippen LogP) is 11.5. The first-order valence-corrected chi connectivity index (χ1v) is 16.6. The Morgan fingerprint density at radius 3 is 2.17 bits per heavy atom. The molecule has 4 nitrogen and oxygen atoms in total. The Labute approximate surface area is 299 Å². The summed E-state index contributed by atoms with van der Waals surface area (Å²) < 4.78 is 7.69. The van der Waals surface area contributed by atoms with Gasteiger partial charge < -0.3 is 14.4 Å². The van der Waals surface area contributed by atoms with Crippen molar-refractivity contribution < 1.29 is 24.5 Å². The SMILES string of the molecule is Cc1cc(-c2[c-]ccc3c2oc2c3ccc3sc(C(C)(C)C)nc32)ncc1-c1c(C)cccc1C.[Ir].[c-]1ccccc1-c1ccccn1. The molecule has 48 heavy (non-hydrogen) atoms. The zero-order valence-corrected chi connectivity index (χ0v) is 31.0. The Balaban J connectivity index is 0.000000260. The fraction of sp³-hybridized carbons (Fsp3) is 0.167. The van der Waals surface area contributed by atoms with Crippen LogP contribution in [0.2, 0.25) is 0 Å². The van der Waals surface area contributed by atoms with Crippen molar-refractivity contribution in [3.8, 4) is 33.6 Å². The molecule has 8 rings (SSSR count). The summed E-state index contributed by atoms with van der Waals surface area (Å²) in [5, 5.41) is 3.27. The summed E-state index contributed by atoms with van der Waals surface area (Å²) in [6.07, 6.45) is 3.78. The Kier molecular flexibility index (Phi) is 9.44. The number of furan rings is 1. The summed E-state index contributed by atoms with van der Waals surface area (Å²) in [6, 6.07) is 37.1. The van der Waals surface area contributed by atoms with E-state index in [2.05, 4.69) is 101 Å². The number of nitrogens with zero attached hydrogens (tertiary/aromatic N) is 3. The summed E-state index contributed by atoms with van der Waals surface area (Å²) in [6.45, 7) is 13.1. The first kappa shape index (κ1) is 33.4. The number of rotatable bonds is 3. The standard InChI is InChI=1S/C31H27N2OS.C11H8N.Ir/c1-17-9-7-10-18(2)26(17)23-16-32-24(15-19(23)3)22-12-8-11-20-21-13-14-25-27(29(21)34-28(20)22)33-30(35-25)31(4,5)6;1-2-6-10(7-3-1)11-8-4-5-9-12-11;/h7-11,13-16H,1-6H3;1-6,8-9H;/q2*-1;. The van der Waals surface area contributed by atoms with Crippen molar-refractivity contribution in [2.75, 3.05) is 0 Å². The molecule has 0 fully saturated rings. The maximum atomic E-state index is 6.54. The van der Waals surface area contributed by atoms with Crippen LogP contribution >= 0.6 is 11.3 Å². The van der Waals surface area contributed by atoms with Gasteiger partial charge in [0.05, 0.1) is 15.3 Å². The summed E-state index contributed by atoms with van der Waals surface area (Å²) in [5.74, 6) is 0. The van der Waals surface area contributed by atoms with E-state index in [1.165, 1.54) is 27.8 Å². The van der Waals surface area contributed by atoms with Crippen LogP contribution in [0.25, 0.3) is 65.8 Å². The first-order chi connectivity index (χ1) is 22.7. The van der Waals surface area contributed by atoms with Crippen LogP contribution in [-0.4, -0.2) is 15.0 Å². The van der Waals surface area contributed by atoms with E-state index in [4.69, 9.17) is 14.4 Å². The molecule has 0 atom stereocenters. The van der Waals surface area contributed by atoms with Gasteiger partial charge in [0.2, 0.25) is 0 Å². The molecule has 0 spiro atoms. The summed E-state index contributed by atoms with van der Waals surface area (Å²) >= 11 is 1.74. The minimum Gasteiger partial charge on any atom is -0.498 e. The van der Waals surface area contributed by atoms with Crippen LogP contribution in [0.5, 0.6) is 0 Å². The van der Waals surface area contributed by atoms with Crippen LogP contribution in [0.4, 0.5) is 0 Å². The molecule has 0 amide bonds. The van der Waals surface area contributed by atoms with E-state index in [0.29, 0.717) is 0 Å². The Hall–Kier alpha value is -4.48. The van der Waals surface area contributed by atoms with Gasteiger partial charge >= 0.3 is 0 Å². The molecule has 8 aromatic rings. The second-order valence-corrected chi connectivity index (χ2v) is 13.9. The minimum atomic E-state index is -0.000379. The number of aryl methyl sites for hydroxylation is 3. The average Bonchev–Trinajstić information content (AvgIpc) is 3.69. The Morgan fingerprint density at radius 2 is 1.48 bits per heavy atom. The van der Waals surface area contributed by atoms with Gasteiger partial charge in [0.1, 0.15) is 11.1 Å². The topological polar surface area (TPSA) is 51.8 Å². The third-order valence-electron chi connectivity index (χ3n) is 8.37. The molecule has 0 unspecified atom stereocenters. The molecule has 0 N–H and O–H groups in total. The van der Waals surface area contributed by atoms with Gasteiger partial charge in [0, 0.05) is 48.9 Å². The second-order valence-electron chi connectivity index (χ2n) is 12.9. The van der Waals surface area contributed by atoms with E-state index < -0.39 is 0 Å². The van der Waals surface area contributed by atoms with Gasteiger partial charge in [-0.25, -0.2) is 4.98 Å². The summed E-state index contributed by atoms with van der Waals surface area (Å²) in [5.41, 5.74) is 12.5. The van der Waals surface area contributed by atoms with E-state index in [1.807, 2.05) is 54.7 Å². The zero-order valence-electron chi connectivity index (χ0n) is 27.8. The minimum absolute atomic E-state index is 0. The molecule has 4 aromatic carbocycles. The Bertz CT molecular complexity index is 2310. The maximum Gasteiger partial charge on any atom is 0.148 e. The van der Waals surface area contributed by atoms with Crippen molar-refractivity contribution >= 4 is 43.5 Å². The Morgan fingerprint density at radius 1 is 0.708 bits per heavy atom. The van der Waals surface area contributed by atoms with Gasteiger partial charge in [-0.3, -0.25) is 0 Å². The number of hydrogen-bond donors (Lipinski definition) is 0. The number of benzene rings is 4. The fourth-order valence-corrected chi connectivity index (χ4v) is 6.99. The molecule has 6 heteroatoms. The molecule has 0 saturated heterocycles. The molecule has 0 aliphatic heterocycles. The molecule has 0 saturated carbocycles. The van der Waals surface area contributed by atoms with Gasteiger partial charge in [-0.1, -0.05) is 74.2 Å². The molecule has 4 aromatic heterocycles. The molecule has 1 radical (unpaired) electrons. The van der Waals surface area contributed by atoms with Crippen molar-refractivity contribution in [1.29, 1.82) is 0 Å². The van der Waals surface area contributed by atoms with Crippen molar-refractivity contribution in [2.24, 2.45) is 0 Å². The van der Waals surface area contributed by atoms with Gasteiger partial charge in [0.15, 0.2) is 0 Å². The van der Waals surface area contributed by atoms with E-state index in [-0.39, 0.29) is 25.5 Å². The van der Waals surface area contributed by atoms with E-state index in [0.717, 1.165) is 59.7 Å². The molecule has 241 valence electrons. The number of fused-ring (bicyclic) bond motifs is 5.